The molecule has 2 fully saturated rings. The second kappa shape index (κ2) is 11.1. The van der Waals surface area contributed by atoms with Gasteiger partial charge in [0.25, 0.3) is 5.91 Å². The first kappa shape index (κ1) is 24.5. The number of rotatable bonds is 8. The third-order valence-electron chi connectivity index (χ3n) is 5.87. The lowest BCUT2D eigenvalue weighted by molar-refractivity contribution is -0.124. The minimum atomic E-state index is -3.74. The summed E-state index contributed by atoms with van der Waals surface area (Å²) in [7, 11) is -3.74. The zero-order valence-corrected chi connectivity index (χ0v) is 20.0. The Morgan fingerprint density at radius 1 is 1.00 bits per heavy atom. The van der Waals surface area contributed by atoms with Crippen LogP contribution in [0.1, 0.15) is 62.7 Å². The highest BCUT2D eigenvalue weighted by molar-refractivity contribution is 7.89. The summed E-state index contributed by atoms with van der Waals surface area (Å²) in [5.74, 6) is -0.789. The number of esters is 1. The minimum absolute atomic E-state index is 0.137. The van der Waals surface area contributed by atoms with E-state index in [1.165, 1.54) is 10.4 Å². The smallest absolute Gasteiger partial charge is 0.338 e. The van der Waals surface area contributed by atoms with Crippen LogP contribution in [0.3, 0.4) is 0 Å². The molecule has 2 heterocycles. The first-order valence-corrected chi connectivity index (χ1v) is 13.1. The van der Waals surface area contributed by atoms with Crippen molar-refractivity contribution < 1.29 is 22.7 Å². The third-order valence-corrected chi connectivity index (χ3v) is 7.79. The fourth-order valence-electron chi connectivity index (χ4n) is 4.07. The summed E-state index contributed by atoms with van der Waals surface area (Å²) < 4.78 is 33.7. The molecule has 1 N–H and O–H groups in total. The number of carbonyl (C=O) groups excluding carboxylic acids is 2. The fourth-order valence-corrected chi connectivity index (χ4v) is 5.83. The second-order valence-corrected chi connectivity index (χ2v) is 10.9. The Hall–Kier alpha value is -2.13. The van der Waals surface area contributed by atoms with Gasteiger partial charge in [-0.2, -0.15) is 4.31 Å². The number of benzene rings is 1. The Morgan fingerprint density at radius 2 is 1.62 bits per heavy atom. The van der Waals surface area contributed by atoms with E-state index in [9.17, 15) is 18.0 Å². The van der Waals surface area contributed by atoms with Crippen LogP contribution in [0.25, 0.3) is 0 Å². The number of piperidine rings is 2. The quantitative estimate of drug-likeness (QED) is 0.593. The Kier molecular flexibility index (Phi) is 8.53. The Balaban J connectivity index is 1.83. The Bertz CT molecular complexity index is 904. The minimum Gasteiger partial charge on any atom is -0.452 e. The molecule has 0 bridgehead atoms. The van der Waals surface area contributed by atoms with Crippen molar-refractivity contribution in [2.24, 2.45) is 5.92 Å². The molecule has 2 aliphatic rings. The number of nitrogens with zero attached hydrogens (tertiary/aromatic N) is 2. The maximum absolute atomic E-state index is 13.5. The number of hydrogen-bond donors (Lipinski definition) is 1. The molecule has 0 aromatic heterocycles. The standard InChI is InChI=1S/C23H35N3O5S/c1-18(2)16-24-22(27)17-31-23(28)19-9-10-20(25-11-5-3-6-12-25)21(15-19)32(29,30)26-13-7-4-8-14-26/h9-10,15,18H,3-8,11-14,16-17H2,1-2H3,(H,24,27). The molecule has 3 rings (SSSR count). The largest absolute Gasteiger partial charge is 0.452 e. The molecule has 0 spiro atoms. The molecular formula is C23H35N3O5S. The molecule has 1 aromatic rings. The van der Waals surface area contributed by atoms with E-state index in [1.807, 2.05) is 13.8 Å². The molecule has 9 heteroatoms. The van der Waals surface area contributed by atoms with Crippen LogP contribution in [-0.4, -0.2) is 63.9 Å². The molecule has 0 saturated carbocycles. The van der Waals surface area contributed by atoms with Crippen molar-refractivity contribution >= 4 is 27.6 Å². The maximum Gasteiger partial charge on any atom is 0.338 e. The predicted octanol–water partition coefficient (Wildman–Crippen LogP) is 2.78. The van der Waals surface area contributed by atoms with Gasteiger partial charge in [0.15, 0.2) is 6.61 Å². The summed E-state index contributed by atoms with van der Waals surface area (Å²) in [6.07, 6.45) is 5.86. The van der Waals surface area contributed by atoms with E-state index in [-0.39, 0.29) is 16.4 Å². The van der Waals surface area contributed by atoms with Gasteiger partial charge in [-0.25, -0.2) is 13.2 Å². The van der Waals surface area contributed by atoms with Crippen molar-refractivity contribution in [2.75, 3.05) is 44.2 Å². The molecule has 0 radical (unpaired) electrons. The summed E-state index contributed by atoms with van der Waals surface area (Å²) in [4.78, 5) is 26.7. The van der Waals surface area contributed by atoms with E-state index in [2.05, 4.69) is 10.2 Å². The van der Waals surface area contributed by atoms with Gasteiger partial charge < -0.3 is 15.0 Å². The summed E-state index contributed by atoms with van der Waals surface area (Å²) in [6, 6.07) is 4.72. The summed E-state index contributed by atoms with van der Waals surface area (Å²) in [6.45, 7) is 6.62. The number of anilines is 1. The van der Waals surface area contributed by atoms with E-state index in [0.717, 1.165) is 51.6 Å². The summed E-state index contributed by atoms with van der Waals surface area (Å²) >= 11 is 0. The van der Waals surface area contributed by atoms with Crippen molar-refractivity contribution in [1.82, 2.24) is 9.62 Å². The number of ether oxygens (including phenoxy) is 1. The van der Waals surface area contributed by atoms with E-state index < -0.39 is 22.6 Å². The highest BCUT2D eigenvalue weighted by Gasteiger charge is 2.31. The zero-order valence-electron chi connectivity index (χ0n) is 19.1. The first-order valence-electron chi connectivity index (χ1n) is 11.6. The SMILES string of the molecule is CC(C)CNC(=O)COC(=O)c1ccc(N2CCCCC2)c(S(=O)(=O)N2CCCCC2)c1. The van der Waals surface area contributed by atoms with Gasteiger partial charge >= 0.3 is 5.97 Å². The highest BCUT2D eigenvalue weighted by Crippen LogP contribution is 2.32. The molecule has 8 nitrogen and oxygen atoms in total. The first-order chi connectivity index (χ1) is 15.3. The van der Waals surface area contributed by atoms with Crippen molar-refractivity contribution in [3.05, 3.63) is 23.8 Å². The van der Waals surface area contributed by atoms with Gasteiger partial charge in [0.2, 0.25) is 10.0 Å². The lowest BCUT2D eigenvalue weighted by atomic mass is 10.1. The Morgan fingerprint density at radius 3 is 2.25 bits per heavy atom. The average Bonchev–Trinajstić information content (AvgIpc) is 2.82. The van der Waals surface area contributed by atoms with Crippen LogP contribution in [0.5, 0.6) is 0 Å². The number of hydrogen-bond acceptors (Lipinski definition) is 6. The molecular weight excluding hydrogens is 430 g/mol. The molecule has 1 aromatic carbocycles. The predicted molar refractivity (Wildman–Crippen MR) is 123 cm³/mol. The van der Waals surface area contributed by atoms with Gasteiger partial charge in [-0.15, -0.1) is 0 Å². The number of nitrogens with one attached hydrogen (secondary N) is 1. The molecule has 1 amide bonds. The number of sulfonamides is 1. The van der Waals surface area contributed by atoms with Crippen molar-refractivity contribution in [3.63, 3.8) is 0 Å². The average molecular weight is 466 g/mol. The molecule has 0 atom stereocenters. The van der Waals surface area contributed by atoms with E-state index in [1.54, 1.807) is 12.1 Å². The van der Waals surface area contributed by atoms with Gasteiger partial charge in [-0.1, -0.05) is 20.3 Å². The normalized spacial score (nSPS) is 17.9. The molecule has 178 valence electrons. The molecule has 32 heavy (non-hydrogen) atoms. The van der Waals surface area contributed by atoms with Gasteiger partial charge in [0.05, 0.1) is 11.3 Å². The number of amides is 1. The Labute approximate surface area is 191 Å². The van der Waals surface area contributed by atoms with Gasteiger partial charge in [0.1, 0.15) is 4.90 Å². The number of carbonyl (C=O) groups is 2. The maximum atomic E-state index is 13.5. The lowest BCUT2D eigenvalue weighted by Crippen LogP contribution is -2.37. The molecule has 2 aliphatic heterocycles. The lowest BCUT2D eigenvalue weighted by Gasteiger charge is -2.33. The van der Waals surface area contributed by atoms with Gasteiger partial charge in [-0.05, 0) is 56.2 Å². The summed E-state index contributed by atoms with van der Waals surface area (Å²) in [5.41, 5.74) is 0.777. The highest BCUT2D eigenvalue weighted by atomic mass is 32.2. The second-order valence-electron chi connectivity index (χ2n) is 8.97. The van der Waals surface area contributed by atoms with Crippen LogP contribution in [0.4, 0.5) is 5.69 Å². The van der Waals surface area contributed by atoms with E-state index >= 15 is 0 Å². The van der Waals surface area contributed by atoms with Crippen LogP contribution >= 0.6 is 0 Å². The molecule has 0 unspecified atom stereocenters. The van der Waals surface area contributed by atoms with Crippen molar-refractivity contribution in [2.45, 2.75) is 57.3 Å². The topological polar surface area (TPSA) is 96.0 Å². The third kappa shape index (κ3) is 6.22. The van der Waals surface area contributed by atoms with Crippen LogP contribution in [0.2, 0.25) is 0 Å². The molecule has 2 saturated heterocycles. The van der Waals surface area contributed by atoms with Gasteiger partial charge in [-0.3, -0.25) is 4.79 Å². The van der Waals surface area contributed by atoms with E-state index in [0.29, 0.717) is 31.2 Å². The van der Waals surface area contributed by atoms with Crippen molar-refractivity contribution in [3.8, 4) is 0 Å². The monoisotopic (exact) mass is 465 g/mol. The zero-order chi connectivity index (χ0) is 23.1. The van der Waals surface area contributed by atoms with Crippen LogP contribution in [0, 0.1) is 5.92 Å². The fraction of sp³-hybridized carbons (Fsp3) is 0.652. The van der Waals surface area contributed by atoms with E-state index in [4.69, 9.17) is 4.74 Å². The van der Waals surface area contributed by atoms with Crippen molar-refractivity contribution in [1.29, 1.82) is 0 Å². The summed E-state index contributed by atoms with van der Waals surface area (Å²) in [5, 5.41) is 2.69. The molecule has 0 aliphatic carbocycles. The van der Waals surface area contributed by atoms with Crippen LogP contribution in [-0.2, 0) is 19.6 Å². The van der Waals surface area contributed by atoms with Crippen LogP contribution in [0.15, 0.2) is 23.1 Å². The van der Waals surface area contributed by atoms with Gasteiger partial charge in [0, 0.05) is 32.7 Å². The van der Waals surface area contributed by atoms with Crippen LogP contribution < -0.4 is 10.2 Å².